The second kappa shape index (κ2) is 10.4. The summed E-state index contributed by atoms with van der Waals surface area (Å²) < 4.78 is 25.5. The Morgan fingerprint density at radius 3 is 2.29 bits per heavy atom. The first kappa shape index (κ1) is 22.9. The highest BCUT2D eigenvalue weighted by Crippen LogP contribution is 2.28. The van der Waals surface area contributed by atoms with Gasteiger partial charge >= 0.3 is 0 Å². The molecule has 0 aliphatic carbocycles. The van der Waals surface area contributed by atoms with Crippen LogP contribution in [0.1, 0.15) is 12.5 Å². The topological polar surface area (TPSA) is 66.5 Å². The van der Waals surface area contributed by atoms with Gasteiger partial charge in [0.05, 0.1) is 11.9 Å². The number of carbonyl (C=O) groups is 1. The second-order valence-electron chi connectivity index (χ2n) is 6.11. The number of thioether (sulfide) groups is 1. The molecule has 1 atom stereocenters. The summed E-state index contributed by atoms with van der Waals surface area (Å²) in [5.74, 6) is 0.916. The number of amides is 1. The van der Waals surface area contributed by atoms with E-state index in [1.165, 1.54) is 0 Å². The van der Waals surface area contributed by atoms with Crippen LogP contribution in [0.3, 0.4) is 0 Å². The van der Waals surface area contributed by atoms with Gasteiger partial charge < -0.3 is 5.32 Å². The smallest absolute Gasteiger partial charge is 0.243 e. The molecule has 0 unspecified atom stereocenters. The van der Waals surface area contributed by atoms with E-state index in [0.717, 1.165) is 16.1 Å². The Labute approximate surface area is 180 Å². The number of hydrogen-bond acceptors (Lipinski definition) is 4. The van der Waals surface area contributed by atoms with Crippen molar-refractivity contribution in [1.29, 1.82) is 0 Å². The van der Waals surface area contributed by atoms with E-state index in [4.69, 9.17) is 23.2 Å². The maximum Gasteiger partial charge on any atom is 0.243 e. The molecule has 0 radical (unpaired) electrons. The number of sulfonamides is 1. The normalized spacial score (nSPS) is 12.4. The van der Waals surface area contributed by atoms with E-state index in [1.54, 1.807) is 67.2 Å². The van der Waals surface area contributed by atoms with Crippen molar-refractivity contribution in [2.45, 2.75) is 18.7 Å². The van der Waals surface area contributed by atoms with Crippen LogP contribution in [0.4, 0.5) is 5.69 Å². The van der Waals surface area contributed by atoms with Crippen molar-refractivity contribution in [3.05, 3.63) is 64.1 Å². The van der Waals surface area contributed by atoms with Crippen molar-refractivity contribution < 1.29 is 13.2 Å². The highest BCUT2D eigenvalue weighted by atomic mass is 35.5. The van der Waals surface area contributed by atoms with E-state index < -0.39 is 16.1 Å². The molecule has 0 spiro atoms. The van der Waals surface area contributed by atoms with Gasteiger partial charge in [-0.15, -0.1) is 0 Å². The lowest BCUT2D eigenvalue weighted by atomic mass is 10.2. The Balaban J connectivity index is 1.89. The molecule has 1 amide bonds. The first-order valence-electron chi connectivity index (χ1n) is 8.54. The molecule has 0 aliphatic rings. The first-order valence-corrected chi connectivity index (χ1v) is 12.3. The van der Waals surface area contributed by atoms with Gasteiger partial charge in [-0.05, 0) is 36.8 Å². The summed E-state index contributed by atoms with van der Waals surface area (Å²) in [6.45, 7) is 1.97. The van der Waals surface area contributed by atoms with Gasteiger partial charge in [0.15, 0.2) is 0 Å². The molecule has 152 valence electrons. The zero-order valence-electron chi connectivity index (χ0n) is 15.6. The van der Waals surface area contributed by atoms with Gasteiger partial charge in [-0.25, -0.2) is 8.42 Å². The van der Waals surface area contributed by atoms with Crippen LogP contribution in [-0.2, 0) is 20.6 Å². The van der Waals surface area contributed by atoms with E-state index in [9.17, 15) is 13.2 Å². The summed E-state index contributed by atoms with van der Waals surface area (Å²) >= 11 is 13.9. The van der Waals surface area contributed by atoms with Crippen molar-refractivity contribution >= 4 is 56.6 Å². The van der Waals surface area contributed by atoms with Crippen molar-refractivity contribution in [3.63, 3.8) is 0 Å². The fourth-order valence-electron chi connectivity index (χ4n) is 2.62. The van der Waals surface area contributed by atoms with E-state index in [-0.39, 0.29) is 5.91 Å². The van der Waals surface area contributed by atoms with Gasteiger partial charge in [-0.1, -0.05) is 47.5 Å². The third kappa shape index (κ3) is 6.30. The molecular weight excluding hydrogens is 439 g/mol. The zero-order valence-corrected chi connectivity index (χ0v) is 18.7. The molecule has 9 heteroatoms. The van der Waals surface area contributed by atoms with Crippen LogP contribution in [0.25, 0.3) is 0 Å². The number of halogens is 2. The molecule has 28 heavy (non-hydrogen) atoms. The number of hydrogen-bond donors (Lipinski definition) is 1. The average Bonchev–Trinajstić information content (AvgIpc) is 2.63. The molecule has 0 fully saturated rings. The Bertz CT molecular complexity index is 888. The Morgan fingerprint density at radius 2 is 1.71 bits per heavy atom. The van der Waals surface area contributed by atoms with Gasteiger partial charge in [-0.2, -0.15) is 11.8 Å². The molecule has 0 aromatic heterocycles. The minimum Gasteiger partial charge on any atom is -0.353 e. The Hall–Kier alpha value is -1.41. The molecule has 2 rings (SSSR count). The SMILES string of the molecule is C[C@H](C(=O)NCCSCc1c(Cl)cccc1Cl)N(c1ccccc1)S(C)(=O)=O. The van der Waals surface area contributed by atoms with Crippen molar-refractivity contribution in [1.82, 2.24) is 5.32 Å². The lowest BCUT2D eigenvalue weighted by Crippen LogP contribution is -2.48. The van der Waals surface area contributed by atoms with Gasteiger partial charge in [0.1, 0.15) is 6.04 Å². The molecule has 2 aromatic rings. The number of carbonyl (C=O) groups excluding carboxylic acids is 1. The van der Waals surface area contributed by atoms with E-state index in [1.807, 2.05) is 0 Å². The lowest BCUT2D eigenvalue weighted by molar-refractivity contribution is -0.121. The van der Waals surface area contributed by atoms with Gasteiger partial charge in [-0.3, -0.25) is 9.10 Å². The van der Waals surface area contributed by atoms with Gasteiger partial charge in [0, 0.05) is 28.1 Å². The molecule has 2 aromatic carbocycles. The Morgan fingerprint density at radius 1 is 1.11 bits per heavy atom. The van der Waals surface area contributed by atoms with E-state index in [2.05, 4.69) is 5.32 Å². The van der Waals surface area contributed by atoms with Crippen molar-refractivity contribution in [3.8, 4) is 0 Å². The molecule has 0 saturated carbocycles. The van der Waals surface area contributed by atoms with E-state index in [0.29, 0.717) is 33.8 Å². The lowest BCUT2D eigenvalue weighted by Gasteiger charge is -2.28. The third-order valence-electron chi connectivity index (χ3n) is 3.95. The molecule has 1 N–H and O–H groups in total. The molecular formula is C19H22Cl2N2O3S2. The maximum absolute atomic E-state index is 12.5. The van der Waals surface area contributed by atoms with Crippen LogP contribution < -0.4 is 9.62 Å². The molecule has 0 heterocycles. The summed E-state index contributed by atoms with van der Waals surface area (Å²) in [4.78, 5) is 12.5. The molecule has 0 aliphatic heterocycles. The monoisotopic (exact) mass is 460 g/mol. The minimum absolute atomic E-state index is 0.356. The summed E-state index contributed by atoms with van der Waals surface area (Å²) in [7, 11) is -3.61. The van der Waals surface area contributed by atoms with Gasteiger partial charge in [0.25, 0.3) is 0 Å². The number of nitrogens with zero attached hydrogens (tertiary/aromatic N) is 1. The highest BCUT2D eigenvalue weighted by molar-refractivity contribution is 7.98. The van der Waals surface area contributed by atoms with Crippen LogP contribution in [0.15, 0.2) is 48.5 Å². The van der Waals surface area contributed by atoms with Crippen molar-refractivity contribution in [2.75, 3.05) is 22.9 Å². The molecule has 0 saturated heterocycles. The van der Waals surface area contributed by atoms with Crippen LogP contribution in [-0.4, -0.2) is 38.9 Å². The van der Waals surface area contributed by atoms with Crippen LogP contribution in [0.2, 0.25) is 10.0 Å². The summed E-state index contributed by atoms with van der Waals surface area (Å²) in [6.07, 6.45) is 1.09. The Kier molecular flexibility index (Phi) is 8.49. The van der Waals surface area contributed by atoms with Crippen molar-refractivity contribution in [2.24, 2.45) is 0 Å². The van der Waals surface area contributed by atoms with Crippen LogP contribution in [0.5, 0.6) is 0 Å². The summed E-state index contributed by atoms with van der Waals surface area (Å²) in [5.41, 5.74) is 1.32. The zero-order chi connectivity index (χ0) is 20.7. The van der Waals surface area contributed by atoms with E-state index >= 15 is 0 Å². The highest BCUT2D eigenvalue weighted by Gasteiger charge is 2.28. The molecule has 5 nitrogen and oxygen atoms in total. The quantitative estimate of drug-likeness (QED) is 0.569. The largest absolute Gasteiger partial charge is 0.353 e. The fourth-order valence-corrected chi connectivity index (χ4v) is 5.39. The first-order chi connectivity index (χ1) is 13.2. The number of rotatable bonds is 9. The fraction of sp³-hybridized carbons (Fsp3) is 0.316. The maximum atomic E-state index is 12.5. The minimum atomic E-state index is -3.61. The molecule has 0 bridgehead atoms. The van der Waals surface area contributed by atoms with Gasteiger partial charge in [0.2, 0.25) is 15.9 Å². The number of nitrogens with one attached hydrogen (secondary N) is 1. The third-order valence-corrected chi connectivity index (χ3v) is 6.89. The summed E-state index contributed by atoms with van der Waals surface area (Å²) in [5, 5.41) is 4.02. The summed E-state index contributed by atoms with van der Waals surface area (Å²) in [6, 6.07) is 13.1. The number of para-hydroxylation sites is 1. The second-order valence-corrected chi connectivity index (χ2v) is 9.89. The van der Waals surface area contributed by atoms with Crippen LogP contribution >= 0.6 is 35.0 Å². The number of benzene rings is 2. The predicted octanol–water partition coefficient (Wildman–Crippen LogP) is 4.20. The number of anilines is 1. The average molecular weight is 461 g/mol. The van der Waals surface area contributed by atoms with Crippen LogP contribution in [0, 0.1) is 0 Å². The predicted molar refractivity (Wildman–Crippen MR) is 119 cm³/mol. The standard InChI is InChI=1S/C19H22Cl2N2O3S2/c1-14(23(28(2,25)26)15-7-4-3-5-8-15)19(24)22-11-12-27-13-16-17(20)9-6-10-18(16)21/h3-10,14H,11-13H2,1-2H3,(H,22,24)/t14-/m1/s1.